The molecule has 1 heteroatoms. The Bertz CT molecular complexity index is 887. The first-order valence-corrected chi connectivity index (χ1v) is 13.1. The van der Waals surface area contributed by atoms with E-state index in [4.69, 9.17) is 0 Å². The molecular formula is C32H47N. The van der Waals surface area contributed by atoms with Crippen LogP contribution >= 0.6 is 0 Å². The van der Waals surface area contributed by atoms with E-state index >= 15 is 0 Å². The van der Waals surface area contributed by atoms with Crippen molar-refractivity contribution in [1.82, 2.24) is 5.32 Å². The zero-order chi connectivity index (χ0) is 24.2. The molecule has 2 aromatic carbocycles. The van der Waals surface area contributed by atoms with Crippen molar-refractivity contribution in [3.8, 4) is 0 Å². The summed E-state index contributed by atoms with van der Waals surface area (Å²) in [6.07, 6.45) is 11.3. The Morgan fingerprint density at radius 1 is 0.970 bits per heavy atom. The Balaban J connectivity index is 2.04. The predicted molar refractivity (Wildman–Crippen MR) is 149 cm³/mol. The first-order chi connectivity index (χ1) is 15.9. The van der Waals surface area contributed by atoms with E-state index in [2.05, 4.69) is 95.2 Å². The van der Waals surface area contributed by atoms with Crippen molar-refractivity contribution in [3.05, 3.63) is 85.1 Å². The summed E-state index contributed by atoms with van der Waals surface area (Å²) in [5.74, 6) is 1.99. The first kappa shape index (κ1) is 27.0. The molecule has 0 amide bonds. The molecule has 0 spiro atoms. The number of benzene rings is 2. The van der Waals surface area contributed by atoms with Crippen molar-refractivity contribution in [2.24, 2.45) is 17.8 Å². The number of rotatable bonds is 16. The van der Waals surface area contributed by atoms with Crippen LogP contribution in [0.2, 0.25) is 0 Å². The van der Waals surface area contributed by atoms with E-state index in [9.17, 15) is 0 Å². The molecule has 1 nitrogen and oxygen atoms in total. The van der Waals surface area contributed by atoms with Crippen molar-refractivity contribution >= 4 is 10.8 Å². The van der Waals surface area contributed by atoms with E-state index in [0.717, 1.165) is 37.3 Å². The second-order valence-electron chi connectivity index (χ2n) is 10.2. The molecule has 1 N–H and O–H groups in total. The van der Waals surface area contributed by atoms with Gasteiger partial charge in [-0.1, -0.05) is 121 Å². The second kappa shape index (κ2) is 14.1. The molecule has 180 valence electrons. The summed E-state index contributed by atoms with van der Waals surface area (Å²) in [5.41, 5.74) is 3.89. The predicted octanol–water partition coefficient (Wildman–Crippen LogP) is 9.26. The van der Waals surface area contributed by atoms with Crippen molar-refractivity contribution in [1.29, 1.82) is 0 Å². The Morgan fingerprint density at radius 3 is 2.39 bits per heavy atom. The van der Waals surface area contributed by atoms with Gasteiger partial charge < -0.3 is 5.32 Å². The highest BCUT2D eigenvalue weighted by Crippen LogP contribution is 2.31. The summed E-state index contributed by atoms with van der Waals surface area (Å²) < 4.78 is 0. The lowest BCUT2D eigenvalue weighted by molar-refractivity contribution is 0.314. The van der Waals surface area contributed by atoms with E-state index in [1.165, 1.54) is 47.6 Å². The van der Waals surface area contributed by atoms with Crippen LogP contribution in [-0.2, 0) is 6.42 Å². The fraction of sp³-hybridized carbons (Fsp3) is 0.500. The molecule has 3 unspecified atom stereocenters. The lowest BCUT2D eigenvalue weighted by atomic mass is 9.80. The summed E-state index contributed by atoms with van der Waals surface area (Å²) in [7, 11) is 0. The number of unbranched alkanes of at least 4 members (excludes halogenated alkanes) is 1. The third kappa shape index (κ3) is 8.88. The molecular weight excluding hydrogens is 398 g/mol. The molecule has 0 aliphatic rings. The van der Waals surface area contributed by atoms with Gasteiger partial charge in [-0.05, 0) is 59.8 Å². The Kier molecular flexibility index (Phi) is 11.5. The van der Waals surface area contributed by atoms with Crippen LogP contribution in [0.5, 0.6) is 0 Å². The molecule has 0 heterocycles. The van der Waals surface area contributed by atoms with Crippen LogP contribution in [0.4, 0.5) is 0 Å². The Labute approximate surface area is 204 Å². The third-order valence-corrected chi connectivity index (χ3v) is 7.21. The maximum Gasteiger partial charge on any atom is 0.0479 e. The van der Waals surface area contributed by atoms with Gasteiger partial charge in [0, 0.05) is 11.7 Å². The molecule has 0 radical (unpaired) electrons. The summed E-state index contributed by atoms with van der Waals surface area (Å²) in [6, 6.07) is 15.4. The third-order valence-electron chi connectivity index (χ3n) is 7.21. The van der Waals surface area contributed by atoms with Crippen molar-refractivity contribution in [3.63, 3.8) is 0 Å². The van der Waals surface area contributed by atoms with Crippen LogP contribution in [0, 0.1) is 17.8 Å². The standard InChI is InChI=1S/C32H47N/c1-8-11-15-26(6)30(21-25(5)20-24(4)9-2)22-27(7)33-31(10-3)23-29-18-14-17-28-16-12-13-19-32(28)29/h10,12-14,16-19,24,26,30-31,33H,3,5,7-9,11,15,20-23H2,1-2,4,6H3/t24?,26?,30?,31-/m1/s1. The minimum atomic E-state index is 0.179. The molecule has 0 saturated carbocycles. The molecule has 2 aromatic rings. The summed E-state index contributed by atoms with van der Waals surface area (Å²) in [4.78, 5) is 0. The van der Waals surface area contributed by atoms with Crippen LogP contribution in [0.3, 0.4) is 0 Å². The van der Waals surface area contributed by atoms with Crippen molar-refractivity contribution < 1.29 is 0 Å². The number of nitrogens with one attached hydrogen (secondary N) is 1. The normalized spacial score (nSPS) is 14.9. The largest absolute Gasteiger partial charge is 0.382 e. The average Bonchev–Trinajstić information content (AvgIpc) is 2.81. The average molecular weight is 446 g/mol. The van der Waals surface area contributed by atoms with Gasteiger partial charge in [0.2, 0.25) is 0 Å². The molecule has 0 aliphatic heterocycles. The van der Waals surface area contributed by atoms with E-state index in [-0.39, 0.29) is 6.04 Å². The highest BCUT2D eigenvalue weighted by Gasteiger charge is 2.21. The quantitative estimate of drug-likeness (QED) is 0.254. The number of fused-ring (bicyclic) bond motifs is 1. The Hall–Kier alpha value is -2.28. The van der Waals surface area contributed by atoms with Crippen molar-refractivity contribution in [2.75, 3.05) is 0 Å². The van der Waals surface area contributed by atoms with Crippen LogP contribution in [-0.4, -0.2) is 6.04 Å². The monoisotopic (exact) mass is 445 g/mol. The van der Waals surface area contributed by atoms with Crippen LogP contribution in [0.15, 0.2) is 79.5 Å². The highest BCUT2D eigenvalue weighted by atomic mass is 14.9. The molecule has 0 bridgehead atoms. The first-order valence-electron chi connectivity index (χ1n) is 13.1. The van der Waals surface area contributed by atoms with Gasteiger partial charge in [0.25, 0.3) is 0 Å². The van der Waals surface area contributed by atoms with Gasteiger partial charge in [0.05, 0.1) is 0 Å². The Morgan fingerprint density at radius 2 is 1.70 bits per heavy atom. The van der Waals surface area contributed by atoms with Gasteiger partial charge in [-0.2, -0.15) is 0 Å². The zero-order valence-electron chi connectivity index (χ0n) is 21.7. The molecule has 0 aliphatic carbocycles. The number of hydrogen-bond donors (Lipinski definition) is 1. The van der Waals surface area contributed by atoms with E-state index in [1.807, 2.05) is 6.08 Å². The van der Waals surface area contributed by atoms with Gasteiger partial charge in [0.1, 0.15) is 0 Å². The summed E-state index contributed by atoms with van der Waals surface area (Å²) in [6.45, 7) is 22.3. The number of allylic oxidation sites excluding steroid dienone is 2. The molecule has 33 heavy (non-hydrogen) atoms. The van der Waals surface area contributed by atoms with Gasteiger partial charge in [-0.3, -0.25) is 0 Å². The van der Waals surface area contributed by atoms with Gasteiger partial charge in [-0.15, -0.1) is 6.58 Å². The summed E-state index contributed by atoms with van der Waals surface area (Å²) >= 11 is 0. The van der Waals surface area contributed by atoms with Crippen LogP contribution in [0.25, 0.3) is 10.8 Å². The molecule has 0 fully saturated rings. The maximum absolute atomic E-state index is 4.45. The van der Waals surface area contributed by atoms with Crippen LogP contribution in [0.1, 0.15) is 78.2 Å². The molecule has 0 aromatic heterocycles. The van der Waals surface area contributed by atoms with E-state index in [1.54, 1.807) is 0 Å². The van der Waals surface area contributed by atoms with Crippen LogP contribution < -0.4 is 5.32 Å². The zero-order valence-corrected chi connectivity index (χ0v) is 21.7. The smallest absolute Gasteiger partial charge is 0.0479 e. The minimum absolute atomic E-state index is 0.179. The van der Waals surface area contributed by atoms with Gasteiger partial charge >= 0.3 is 0 Å². The topological polar surface area (TPSA) is 12.0 Å². The molecule has 0 saturated heterocycles. The van der Waals surface area contributed by atoms with Crippen molar-refractivity contribution in [2.45, 2.75) is 85.1 Å². The van der Waals surface area contributed by atoms with Gasteiger partial charge in [0.15, 0.2) is 0 Å². The molecule has 4 atom stereocenters. The lowest BCUT2D eigenvalue weighted by Crippen LogP contribution is -2.30. The van der Waals surface area contributed by atoms with E-state index < -0.39 is 0 Å². The second-order valence-corrected chi connectivity index (χ2v) is 10.2. The lowest BCUT2D eigenvalue weighted by Gasteiger charge is -2.28. The SMILES string of the molecule is C=C[C@H](Cc1cccc2ccccc12)NC(=C)CC(CC(=C)CC(C)CC)C(C)CCCC. The minimum Gasteiger partial charge on any atom is -0.382 e. The van der Waals surface area contributed by atoms with Gasteiger partial charge in [-0.25, -0.2) is 0 Å². The summed E-state index contributed by atoms with van der Waals surface area (Å²) in [5, 5.41) is 6.32. The highest BCUT2D eigenvalue weighted by molar-refractivity contribution is 5.85. The fourth-order valence-electron chi connectivity index (χ4n) is 4.87. The maximum atomic E-state index is 4.45. The molecule has 2 rings (SSSR count). The van der Waals surface area contributed by atoms with E-state index in [0.29, 0.717) is 11.8 Å². The fourth-order valence-corrected chi connectivity index (χ4v) is 4.87. The number of hydrogen-bond acceptors (Lipinski definition) is 1.